The Balaban J connectivity index is 1.48. The number of amides is 1. The molecule has 3 rings (SSSR count). The Morgan fingerprint density at radius 1 is 1.23 bits per heavy atom. The van der Waals surface area contributed by atoms with Gasteiger partial charge in [-0.05, 0) is 24.5 Å². The summed E-state index contributed by atoms with van der Waals surface area (Å²) in [5.74, 6) is 0.497. The molecular weight excluding hydrogens is 278 g/mol. The smallest absolute Gasteiger partial charge is 0.222 e. The molecule has 22 heavy (non-hydrogen) atoms. The van der Waals surface area contributed by atoms with E-state index in [0.717, 1.165) is 51.3 Å². The molecule has 2 heterocycles. The van der Waals surface area contributed by atoms with E-state index in [-0.39, 0.29) is 11.7 Å². The van der Waals surface area contributed by atoms with E-state index in [1.807, 2.05) is 17.0 Å². The van der Waals surface area contributed by atoms with Crippen LogP contribution in [-0.2, 0) is 11.2 Å². The summed E-state index contributed by atoms with van der Waals surface area (Å²) in [5.41, 5.74) is 0.855. The largest absolute Gasteiger partial charge is 0.508 e. The van der Waals surface area contributed by atoms with Crippen molar-refractivity contribution in [3.63, 3.8) is 0 Å². The first-order valence-corrected chi connectivity index (χ1v) is 8.23. The van der Waals surface area contributed by atoms with Gasteiger partial charge in [-0.1, -0.05) is 18.2 Å². The van der Waals surface area contributed by atoms with Crippen LogP contribution in [0.5, 0.6) is 5.75 Å². The monoisotopic (exact) mass is 303 g/mol. The molecule has 0 saturated carbocycles. The third kappa shape index (κ3) is 3.59. The van der Waals surface area contributed by atoms with Crippen LogP contribution in [0.2, 0.25) is 0 Å². The van der Waals surface area contributed by atoms with Gasteiger partial charge in [0.2, 0.25) is 5.91 Å². The molecule has 0 radical (unpaired) electrons. The molecule has 2 aliphatic heterocycles. The van der Waals surface area contributed by atoms with Crippen molar-refractivity contribution in [1.82, 2.24) is 15.1 Å². The standard InChI is InChI=1S/C17H25N3O2/c21-16-4-2-1-3-14(16)5-6-17(22)20-10-7-15(13-20)19-11-8-18-9-12-19/h1-4,15,18,21H,5-13H2. The summed E-state index contributed by atoms with van der Waals surface area (Å²) < 4.78 is 0. The zero-order valence-electron chi connectivity index (χ0n) is 13.0. The summed E-state index contributed by atoms with van der Waals surface area (Å²) in [5, 5.41) is 13.1. The van der Waals surface area contributed by atoms with Crippen molar-refractivity contribution in [3.05, 3.63) is 29.8 Å². The van der Waals surface area contributed by atoms with Gasteiger partial charge in [0.05, 0.1) is 0 Å². The number of aryl methyl sites for hydroxylation is 1. The van der Waals surface area contributed by atoms with Crippen LogP contribution in [0, 0.1) is 0 Å². The molecule has 1 unspecified atom stereocenters. The zero-order valence-corrected chi connectivity index (χ0v) is 13.0. The summed E-state index contributed by atoms with van der Waals surface area (Å²) in [6.07, 6.45) is 2.18. The first kappa shape index (κ1) is 15.3. The van der Waals surface area contributed by atoms with Crippen molar-refractivity contribution in [2.75, 3.05) is 39.3 Å². The maximum absolute atomic E-state index is 12.4. The van der Waals surface area contributed by atoms with E-state index in [1.54, 1.807) is 12.1 Å². The highest BCUT2D eigenvalue weighted by molar-refractivity contribution is 5.77. The number of hydrogen-bond acceptors (Lipinski definition) is 4. The Kier molecular flexibility index (Phi) is 4.95. The highest BCUT2D eigenvalue weighted by Gasteiger charge is 2.30. The number of carbonyl (C=O) groups excluding carboxylic acids is 1. The Bertz CT molecular complexity index is 514. The van der Waals surface area contributed by atoms with Crippen LogP contribution >= 0.6 is 0 Å². The van der Waals surface area contributed by atoms with E-state index in [0.29, 0.717) is 18.9 Å². The van der Waals surface area contributed by atoms with Gasteiger partial charge in [0, 0.05) is 51.7 Å². The van der Waals surface area contributed by atoms with Gasteiger partial charge in [-0.15, -0.1) is 0 Å². The van der Waals surface area contributed by atoms with E-state index in [2.05, 4.69) is 10.2 Å². The predicted octanol–water partition coefficient (Wildman–Crippen LogP) is 0.831. The number of hydrogen-bond donors (Lipinski definition) is 2. The fourth-order valence-corrected chi connectivity index (χ4v) is 3.44. The van der Waals surface area contributed by atoms with Crippen molar-refractivity contribution < 1.29 is 9.90 Å². The van der Waals surface area contributed by atoms with E-state index >= 15 is 0 Å². The van der Waals surface area contributed by atoms with E-state index in [1.165, 1.54) is 0 Å². The van der Waals surface area contributed by atoms with Crippen molar-refractivity contribution in [2.24, 2.45) is 0 Å². The minimum atomic E-state index is 0.209. The predicted molar refractivity (Wildman–Crippen MR) is 85.9 cm³/mol. The lowest BCUT2D eigenvalue weighted by molar-refractivity contribution is -0.130. The van der Waals surface area contributed by atoms with Crippen LogP contribution in [0.25, 0.3) is 0 Å². The molecule has 5 nitrogen and oxygen atoms in total. The quantitative estimate of drug-likeness (QED) is 0.865. The molecular formula is C17H25N3O2. The molecule has 0 bridgehead atoms. The second-order valence-electron chi connectivity index (χ2n) is 6.20. The topological polar surface area (TPSA) is 55.8 Å². The average Bonchev–Trinajstić information content (AvgIpc) is 3.05. The maximum atomic E-state index is 12.4. The number of phenols is 1. The molecule has 2 N–H and O–H groups in total. The molecule has 120 valence electrons. The molecule has 0 aromatic heterocycles. The molecule has 0 aliphatic carbocycles. The number of rotatable bonds is 4. The number of aromatic hydroxyl groups is 1. The highest BCUT2D eigenvalue weighted by Crippen LogP contribution is 2.20. The molecule has 1 aromatic rings. The number of nitrogens with one attached hydrogen (secondary N) is 1. The van der Waals surface area contributed by atoms with Gasteiger partial charge in [-0.2, -0.15) is 0 Å². The minimum absolute atomic E-state index is 0.209. The normalized spacial score (nSPS) is 22.9. The molecule has 5 heteroatoms. The fourth-order valence-electron chi connectivity index (χ4n) is 3.44. The number of likely N-dealkylation sites (tertiary alicyclic amines) is 1. The maximum Gasteiger partial charge on any atom is 0.222 e. The number of benzene rings is 1. The van der Waals surface area contributed by atoms with Crippen molar-refractivity contribution in [2.45, 2.75) is 25.3 Å². The van der Waals surface area contributed by atoms with Crippen LogP contribution in [-0.4, -0.2) is 66.1 Å². The molecule has 1 atom stereocenters. The molecule has 2 aliphatic rings. The van der Waals surface area contributed by atoms with Gasteiger partial charge in [0.15, 0.2) is 0 Å². The van der Waals surface area contributed by atoms with Gasteiger partial charge >= 0.3 is 0 Å². The van der Waals surface area contributed by atoms with Crippen LogP contribution < -0.4 is 5.32 Å². The van der Waals surface area contributed by atoms with Crippen LogP contribution in [0.1, 0.15) is 18.4 Å². The van der Waals surface area contributed by atoms with Gasteiger partial charge in [-0.25, -0.2) is 0 Å². The van der Waals surface area contributed by atoms with E-state index in [4.69, 9.17) is 0 Å². The van der Waals surface area contributed by atoms with Gasteiger partial charge < -0.3 is 15.3 Å². The van der Waals surface area contributed by atoms with E-state index < -0.39 is 0 Å². The van der Waals surface area contributed by atoms with Gasteiger partial charge in [0.25, 0.3) is 0 Å². The lowest BCUT2D eigenvalue weighted by Gasteiger charge is -2.32. The second kappa shape index (κ2) is 7.11. The minimum Gasteiger partial charge on any atom is -0.508 e. The lowest BCUT2D eigenvalue weighted by Crippen LogP contribution is -2.49. The Morgan fingerprint density at radius 2 is 2.00 bits per heavy atom. The third-order valence-corrected chi connectivity index (χ3v) is 4.78. The van der Waals surface area contributed by atoms with E-state index in [9.17, 15) is 9.90 Å². The van der Waals surface area contributed by atoms with Crippen molar-refractivity contribution in [3.8, 4) is 5.75 Å². The number of phenolic OH excluding ortho intramolecular Hbond substituents is 1. The van der Waals surface area contributed by atoms with Crippen LogP contribution in [0.3, 0.4) is 0 Å². The van der Waals surface area contributed by atoms with Crippen LogP contribution in [0.15, 0.2) is 24.3 Å². The highest BCUT2D eigenvalue weighted by atomic mass is 16.3. The summed E-state index contributed by atoms with van der Waals surface area (Å²) in [7, 11) is 0. The summed E-state index contributed by atoms with van der Waals surface area (Å²) in [6, 6.07) is 7.79. The number of carbonyl (C=O) groups is 1. The summed E-state index contributed by atoms with van der Waals surface area (Å²) in [6.45, 7) is 6.01. The Labute approximate surface area is 131 Å². The van der Waals surface area contributed by atoms with Crippen molar-refractivity contribution >= 4 is 5.91 Å². The molecule has 2 fully saturated rings. The fraction of sp³-hybridized carbons (Fsp3) is 0.588. The molecule has 0 spiro atoms. The van der Waals surface area contributed by atoms with Gasteiger partial charge in [-0.3, -0.25) is 9.69 Å². The van der Waals surface area contributed by atoms with Crippen LogP contribution in [0.4, 0.5) is 0 Å². The first-order valence-electron chi connectivity index (χ1n) is 8.23. The van der Waals surface area contributed by atoms with Crippen molar-refractivity contribution in [1.29, 1.82) is 0 Å². The Hall–Kier alpha value is -1.59. The first-order chi connectivity index (χ1) is 10.7. The zero-order chi connectivity index (χ0) is 15.4. The summed E-state index contributed by atoms with van der Waals surface area (Å²) >= 11 is 0. The SMILES string of the molecule is O=C(CCc1ccccc1O)N1CCC(N2CCNCC2)C1. The third-order valence-electron chi connectivity index (χ3n) is 4.78. The molecule has 1 aromatic carbocycles. The lowest BCUT2D eigenvalue weighted by atomic mass is 10.1. The second-order valence-corrected chi connectivity index (χ2v) is 6.20. The number of nitrogens with zero attached hydrogens (tertiary/aromatic N) is 2. The number of para-hydroxylation sites is 1. The summed E-state index contributed by atoms with van der Waals surface area (Å²) in [4.78, 5) is 16.9. The number of piperazine rings is 1. The molecule has 2 saturated heterocycles. The Morgan fingerprint density at radius 3 is 2.77 bits per heavy atom. The molecule has 1 amide bonds. The van der Waals surface area contributed by atoms with Gasteiger partial charge in [0.1, 0.15) is 5.75 Å². The average molecular weight is 303 g/mol.